The Morgan fingerprint density at radius 2 is 2.28 bits per heavy atom. The molecule has 0 radical (unpaired) electrons. The normalized spacial score (nSPS) is 20.8. The zero-order valence-electron chi connectivity index (χ0n) is 9.50. The third kappa shape index (κ3) is 4.12. The van der Waals surface area contributed by atoms with Crippen molar-refractivity contribution in [1.82, 2.24) is 9.71 Å². The molecule has 0 amide bonds. The quantitative estimate of drug-likeness (QED) is 0.880. The van der Waals surface area contributed by atoms with Crippen molar-refractivity contribution in [2.24, 2.45) is 0 Å². The smallest absolute Gasteiger partial charge is 0.242 e. The number of nitrogens with one attached hydrogen (secondary N) is 1. The second-order valence-corrected chi connectivity index (χ2v) is 9.00. The van der Waals surface area contributed by atoms with Gasteiger partial charge in [-0.15, -0.1) is 0 Å². The van der Waals surface area contributed by atoms with Crippen LogP contribution >= 0.6 is 39.5 Å². The van der Waals surface area contributed by atoms with Gasteiger partial charge in [0, 0.05) is 45.9 Å². The van der Waals surface area contributed by atoms with E-state index in [9.17, 15) is 8.42 Å². The molecule has 1 aromatic rings. The van der Waals surface area contributed by atoms with Crippen LogP contribution in [0.15, 0.2) is 27.8 Å². The molecule has 100 valence electrons. The van der Waals surface area contributed by atoms with E-state index < -0.39 is 10.0 Å². The lowest BCUT2D eigenvalue weighted by Crippen LogP contribution is -2.33. The SMILES string of the molecule is O=S(=O)(NCC1CSCCS1)c1cncc(Br)c1. The van der Waals surface area contributed by atoms with E-state index in [0.29, 0.717) is 16.3 Å². The summed E-state index contributed by atoms with van der Waals surface area (Å²) in [6.45, 7) is 0.479. The van der Waals surface area contributed by atoms with Crippen LogP contribution in [-0.4, -0.2) is 42.5 Å². The lowest BCUT2D eigenvalue weighted by molar-refractivity contribution is 0.581. The Morgan fingerprint density at radius 3 is 2.94 bits per heavy atom. The molecule has 1 aliphatic heterocycles. The number of sulfonamides is 1. The highest BCUT2D eigenvalue weighted by molar-refractivity contribution is 9.10. The van der Waals surface area contributed by atoms with E-state index >= 15 is 0 Å². The molecule has 1 aliphatic rings. The van der Waals surface area contributed by atoms with Crippen molar-refractivity contribution in [2.45, 2.75) is 10.1 Å². The van der Waals surface area contributed by atoms with Crippen molar-refractivity contribution >= 4 is 49.5 Å². The van der Waals surface area contributed by atoms with E-state index in [1.54, 1.807) is 12.3 Å². The molecule has 0 aliphatic carbocycles. The van der Waals surface area contributed by atoms with Crippen LogP contribution in [0.2, 0.25) is 0 Å². The van der Waals surface area contributed by atoms with Crippen LogP contribution < -0.4 is 4.72 Å². The second-order valence-electron chi connectivity index (χ2n) is 3.76. The lowest BCUT2D eigenvalue weighted by Gasteiger charge is -2.21. The molecule has 1 saturated heterocycles. The van der Waals surface area contributed by atoms with Crippen LogP contribution in [-0.2, 0) is 10.0 Å². The van der Waals surface area contributed by atoms with Crippen molar-refractivity contribution in [2.75, 3.05) is 23.8 Å². The van der Waals surface area contributed by atoms with Gasteiger partial charge < -0.3 is 0 Å². The number of thioether (sulfide) groups is 2. The molecule has 0 aromatic carbocycles. The fourth-order valence-electron chi connectivity index (χ4n) is 1.48. The molecule has 1 atom stereocenters. The molecule has 8 heteroatoms. The van der Waals surface area contributed by atoms with E-state index in [-0.39, 0.29) is 4.90 Å². The average Bonchev–Trinajstić information content (AvgIpc) is 2.38. The fraction of sp³-hybridized carbons (Fsp3) is 0.500. The van der Waals surface area contributed by atoms with Crippen molar-refractivity contribution < 1.29 is 8.42 Å². The van der Waals surface area contributed by atoms with Gasteiger partial charge in [0.25, 0.3) is 0 Å². The molecule has 1 aromatic heterocycles. The van der Waals surface area contributed by atoms with Gasteiger partial charge in [0.1, 0.15) is 4.90 Å². The van der Waals surface area contributed by atoms with Crippen LogP contribution in [0.5, 0.6) is 0 Å². The summed E-state index contributed by atoms with van der Waals surface area (Å²) in [7, 11) is -3.45. The highest BCUT2D eigenvalue weighted by atomic mass is 79.9. The number of halogens is 1. The van der Waals surface area contributed by atoms with Crippen LogP contribution in [0.3, 0.4) is 0 Å². The molecule has 4 nitrogen and oxygen atoms in total. The first-order valence-corrected chi connectivity index (χ1v) is 9.85. The van der Waals surface area contributed by atoms with Gasteiger partial charge in [0.15, 0.2) is 0 Å². The Hall–Kier alpha value is 0.240. The van der Waals surface area contributed by atoms with E-state index in [1.807, 2.05) is 23.5 Å². The van der Waals surface area contributed by atoms with Crippen LogP contribution in [0.25, 0.3) is 0 Å². The van der Waals surface area contributed by atoms with Gasteiger partial charge in [-0.25, -0.2) is 13.1 Å². The molecule has 2 rings (SSSR count). The molecule has 1 N–H and O–H groups in total. The zero-order valence-corrected chi connectivity index (χ0v) is 13.5. The van der Waals surface area contributed by atoms with Crippen LogP contribution in [0, 0.1) is 0 Å². The minimum Gasteiger partial charge on any atom is -0.262 e. The molecule has 1 fully saturated rings. The zero-order chi connectivity index (χ0) is 13.0. The summed E-state index contributed by atoms with van der Waals surface area (Å²) < 4.78 is 27.4. The van der Waals surface area contributed by atoms with E-state index in [0.717, 1.165) is 17.3 Å². The Labute approximate surface area is 124 Å². The third-order valence-corrected chi connectivity index (χ3v) is 7.05. The Morgan fingerprint density at radius 1 is 1.44 bits per heavy atom. The minimum atomic E-state index is -3.45. The number of nitrogens with zero attached hydrogens (tertiary/aromatic N) is 1. The maximum absolute atomic E-state index is 12.0. The number of aromatic nitrogens is 1. The number of rotatable bonds is 4. The largest absolute Gasteiger partial charge is 0.262 e. The summed E-state index contributed by atoms with van der Waals surface area (Å²) >= 11 is 6.93. The van der Waals surface area contributed by atoms with Crippen LogP contribution in [0.1, 0.15) is 0 Å². The van der Waals surface area contributed by atoms with Crippen LogP contribution in [0.4, 0.5) is 0 Å². The first-order chi connectivity index (χ1) is 8.58. The Bertz CT molecular complexity index is 504. The monoisotopic (exact) mass is 368 g/mol. The third-order valence-electron chi connectivity index (χ3n) is 2.38. The molecule has 1 unspecified atom stereocenters. The summed E-state index contributed by atoms with van der Waals surface area (Å²) in [5.74, 6) is 3.25. The first-order valence-electron chi connectivity index (χ1n) is 5.37. The van der Waals surface area contributed by atoms with Gasteiger partial charge in [-0.05, 0) is 22.0 Å². The van der Waals surface area contributed by atoms with E-state index in [4.69, 9.17) is 0 Å². The summed E-state index contributed by atoms with van der Waals surface area (Å²) in [5.41, 5.74) is 0. The Balaban J connectivity index is 1.98. The first kappa shape index (κ1) is 14.6. The summed E-state index contributed by atoms with van der Waals surface area (Å²) in [6.07, 6.45) is 2.92. The standard InChI is InChI=1S/C10H13BrN2O2S3/c11-8-3-10(6-12-4-8)18(14,15)13-5-9-7-16-1-2-17-9/h3-4,6,9,13H,1-2,5,7H2. The molecular formula is C10H13BrN2O2S3. The predicted molar refractivity (Wildman–Crippen MR) is 80.7 cm³/mol. The summed E-state index contributed by atoms with van der Waals surface area (Å²) in [5, 5.41) is 0.360. The predicted octanol–water partition coefficient (Wildman–Crippen LogP) is 1.97. The molecule has 0 spiro atoms. The van der Waals surface area contributed by atoms with E-state index in [1.165, 1.54) is 6.20 Å². The summed E-state index contributed by atoms with van der Waals surface area (Å²) in [4.78, 5) is 4.07. The number of hydrogen-bond acceptors (Lipinski definition) is 5. The van der Waals surface area contributed by atoms with Gasteiger partial charge in [0.2, 0.25) is 10.0 Å². The average molecular weight is 369 g/mol. The maximum atomic E-state index is 12.0. The minimum absolute atomic E-state index is 0.199. The van der Waals surface area contributed by atoms with Crippen molar-refractivity contribution in [3.05, 3.63) is 22.9 Å². The van der Waals surface area contributed by atoms with E-state index in [2.05, 4.69) is 25.6 Å². The highest BCUT2D eigenvalue weighted by Gasteiger charge is 2.19. The Kier molecular flexibility index (Phi) is 5.37. The molecular weight excluding hydrogens is 356 g/mol. The summed E-state index contributed by atoms with van der Waals surface area (Å²) in [6, 6.07) is 1.55. The number of hydrogen-bond donors (Lipinski definition) is 1. The highest BCUT2D eigenvalue weighted by Crippen LogP contribution is 2.23. The second kappa shape index (κ2) is 6.60. The van der Waals surface area contributed by atoms with Crippen molar-refractivity contribution in [3.8, 4) is 0 Å². The molecule has 0 saturated carbocycles. The van der Waals surface area contributed by atoms with Gasteiger partial charge in [-0.3, -0.25) is 4.98 Å². The fourth-order valence-corrected chi connectivity index (χ4v) is 5.78. The maximum Gasteiger partial charge on any atom is 0.242 e. The number of pyridine rings is 1. The van der Waals surface area contributed by atoms with Crippen molar-refractivity contribution in [1.29, 1.82) is 0 Å². The van der Waals surface area contributed by atoms with Gasteiger partial charge in [-0.2, -0.15) is 23.5 Å². The molecule has 0 bridgehead atoms. The lowest BCUT2D eigenvalue weighted by atomic mass is 10.5. The topological polar surface area (TPSA) is 59.1 Å². The molecule has 2 heterocycles. The van der Waals surface area contributed by atoms with Crippen molar-refractivity contribution in [3.63, 3.8) is 0 Å². The molecule has 18 heavy (non-hydrogen) atoms. The van der Waals surface area contributed by atoms with Gasteiger partial charge in [-0.1, -0.05) is 0 Å². The van der Waals surface area contributed by atoms with Gasteiger partial charge >= 0.3 is 0 Å². The van der Waals surface area contributed by atoms with Gasteiger partial charge in [0.05, 0.1) is 0 Å².